The topological polar surface area (TPSA) is 80.8 Å². The van der Waals surface area contributed by atoms with Gasteiger partial charge in [-0.15, -0.1) is 5.10 Å². The number of nitrogens with one attached hydrogen (secondary N) is 2. The van der Waals surface area contributed by atoms with Crippen LogP contribution in [0.2, 0.25) is 0 Å². The van der Waals surface area contributed by atoms with Crippen LogP contribution in [0, 0.1) is 0 Å². The van der Waals surface area contributed by atoms with Gasteiger partial charge in [-0.3, -0.25) is 0 Å². The molecule has 1 aliphatic rings. The normalized spacial score (nSPS) is 20.6. The zero-order chi connectivity index (χ0) is 9.26. The molecule has 1 aromatic rings. The second kappa shape index (κ2) is 3.21. The van der Waals surface area contributed by atoms with Crippen LogP contribution in [0.3, 0.4) is 0 Å². The molecule has 1 aromatic heterocycles. The fourth-order valence-electron chi connectivity index (χ4n) is 1.49. The monoisotopic (exact) mass is 182 g/mol. The number of aromatic nitrogens is 3. The maximum absolute atomic E-state index is 5.63. The van der Waals surface area contributed by atoms with E-state index in [4.69, 9.17) is 5.73 Å². The Morgan fingerprint density at radius 3 is 3.31 bits per heavy atom. The maximum Gasteiger partial charge on any atom is 0.243 e. The molecule has 0 aromatic carbocycles. The number of nitrogens with two attached hydrogens (primary N) is 1. The van der Waals surface area contributed by atoms with Crippen LogP contribution in [0.5, 0.6) is 0 Å². The van der Waals surface area contributed by atoms with Crippen molar-refractivity contribution in [1.29, 1.82) is 0 Å². The van der Waals surface area contributed by atoms with Gasteiger partial charge >= 0.3 is 0 Å². The van der Waals surface area contributed by atoms with Crippen molar-refractivity contribution in [2.75, 3.05) is 30.8 Å². The fourth-order valence-corrected chi connectivity index (χ4v) is 1.49. The third-order valence-electron chi connectivity index (χ3n) is 2.23. The first-order valence-electron chi connectivity index (χ1n) is 4.43. The van der Waals surface area contributed by atoms with Gasteiger partial charge in [0.15, 0.2) is 0 Å². The minimum Gasteiger partial charge on any atom is -0.356 e. The van der Waals surface area contributed by atoms with Crippen molar-refractivity contribution in [1.82, 2.24) is 14.8 Å². The van der Waals surface area contributed by atoms with Crippen LogP contribution in [0.15, 0.2) is 0 Å². The summed E-state index contributed by atoms with van der Waals surface area (Å²) in [6.45, 7) is 1.53. The summed E-state index contributed by atoms with van der Waals surface area (Å²) in [5.74, 6) is 1.45. The average molecular weight is 182 g/mol. The van der Waals surface area contributed by atoms with E-state index in [-0.39, 0.29) is 6.04 Å². The lowest BCUT2D eigenvalue weighted by Crippen LogP contribution is -2.29. The predicted octanol–water partition coefficient (Wildman–Crippen LogP) is -0.365. The average Bonchev–Trinajstić information content (AvgIpc) is 2.59. The number of rotatable bonds is 2. The molecule has 1 atom stereocenters. The third-order valence-corrected chi connectivity index (χ3v) is 2.23. The molecule has 72 valence electrons. The van der Waals surface area contributed by atoms with Gasteiger partial charge in [0.2, 0.25) is 11.9 Å². The number of nitrogens with zero attached hydrogens (tertiary/aromatic N) is 3. The zero-order valence-electron chi connectivity index (χ0n) is 7.62. The number of anilines is 2. The first kappa shape index (κ1) is 8.31. The van der Waals surface area contributed by atoms with Crippen molar-refractivity contribution in [3.05, 3.63) is 0 Å². The highest BCUT2D eigenvalue weighted by molar-refractivity contribution is 5.36. The van der Waals surface area contributed by atoms with Gasteiger partial charge in [-0.25, -0.2) is 4.68 Å². The fraction of sp³-hybridized carbons (Fsp3) is 0.714. The number of fused-ring (bicyclic) bond motifs is 1. The molecule has 0 amide bonds. The lowest BCUT2D eigenvalue weighted by atomic mass is 10.2. The van der Waals surface area contributed by atoms with Gasteiger partial charge in [0.1, 0.15) is 0 Å². The molecule has 4 N–H and O–H groups in total. The summed E-state index contributed by atoms with van der Waals surface area (Å²) >= 11 is 0. The van der Waals surface area contributed by atoms with E-state index in [9.17, 15) is 0 Å². The van der Waals surface area contributed by atoms with Crippen molar-refractivity contribution in [3.63, 3.8) is 0 Å². The van der Waals surface area contributed by atoms with Gasteiger partial charge in [-0.05, 0) is 6.42 Å². The Hall–Kier alpha value is -1.30. The van der Waals surface area contributed by atoms with Crippen molar-refractivity contribution < 1.29 is 0 Å². The lowest BCUT2D eigenvalue weighted by molar-refractivity contribution is 0.427. The Morgan fingerprint density at radius 1 is 1.77 bits per heavy atom. The van der Waals surface area contributed by atoms with Gasteiger partial charge in [-0.1, -0.05) is 0 Å². The standard InChI is InChI=1S/C7H14N6/c1-9-6-11-7-10-3-2-5(4-8)13(7)12-6/h5H,2-4,8H2,1H3,(H2,9,10,11,12). The van der Waals surface area contributed by atoms with Gasteiger partial charge in [0.05, 0.1) is 6.04 Å². The van der Waals surface area contributed by atoms with Crippen molar-refractivity contribution in [2.24, 2.45) is 5.73 Å². The molecule has 6 nitrogen and oxygen atoms in total. The molecule has 1 unspecified atom stereocenters. The van der Waals surface area contributed by atoms with E-state index in [0.717, 1.165) is 18.9 Å². The van der Waals surface area contributed by atoms with E-state index < -0.39 is 0 Å². The van der Waals surface area contributed by atoms with Crippen LogP contribution in [-0.4, -0.2) is 34.9 Å². The molecule has 2 rings (SSSR count). The third kappa shape index (κ3) is 1.33. The minimum atomic E-state index is 0.283. The molecule has 0 aliphatic carbocycles. The molecule has 0 bridgehead atoms. The SMILES string of the molecule is CNc1nc2n(n1)C(CN)CCN2. The first-order valence-corrected chi connectivity index (χ1v) is 4.43. The Kier molecular flexibility index (Phi) is 2.05. The van der Waals surface area contributed by atoms with E-state index in [1.165, 1.54) is 0 Å². The van der Waals surface area contributed by atoms with Crippen molar-refractivity contribution in [2.45, 2.75) is 12.5 Å². The summed E-state index contributed by atoms with van der Waals surface area (Å²) in [7, 11) is 1.80. The highest BCUT2D eigenvalue weighted by atomic mass is 15.5. The summed E-state index contributed by atoms with van der Waals surface area (Å²) in [6, 6.07) is 0.283. The Labute approximate surface area is 76.5 Å². The lowest BCUT2D eigenvalue weighted by Gasteiger charge is -2.22. The molecular formula is C7H14N6. The van der Waals surface area contributed by atoms with Gasteiger partial charge in [-0.2, -0.15) is 4.98 Å². The Balaban J connectivity index is 2.32. The molecular weight excluding hydrogens is 168 g/mol. The largest absolute Gasteiger partial charge is 0.356 e. The maximum atomic E-state index is 5.63. The Morgan fingerprint density at radius 2 is 2.62 bits per heavy atom. The minimum absolute atomic E-state index is 0.283. The van der Waals surface area contributed by atoms with E-state index in [1.54, 1.807) is 7.05 Å². The number of hydrogen-bond donors (Lipinski definition) is 3. The molecule has 0 saturated heterocycles. The van der Waals surface area contributed by atoms with Gasteiger partial charge < -0.3 is 16.4 Å². The van der Waals surface area contributed by atoms with E-state index in [1.807, 2.05) is 4.68 Å². The first-order chi connectivity index (χ1) is 6.35. The van der Waals surface area contributed by atoms with Crippen LogP contribution in [0.25, 0.3) is 0 Å². The summed E-state index contributed by atoms with van der Waals surface area (Å²) < 4.78 is 1.86. The summed E-state index contributed by atoms with van der Waals surface area (Å²) in [6.07, 6.45) is 1.01. The van der Waals surface area contributed by atoms with Crippen molar-refractivity contribution in [3.8, 4) is 0 Å². The van der Waals surface area contributed by atoms with Crippen LogP contribution in [-0.2, 0) is 0 Å². The Bertz CT molecular complexity index is 293. The quantitative estimate of drug-likeness (QED) is 0.581. The number of hydrogen-bond acceptors (Lipinski definition) is 5. The van der Waals surface area contributed by atoms with Gasteiger partial charge in [0, 0.05) is 20.1 Å². The molecule has 13 heavy (non-hydrogen) atoms. The second-order valence-electron chi connectivity index (χ2n) is 3.06. The van der Waals surface area contributed by atoms with E-state index in [0.29, 0.717) is 12.5 Å². The smallest absolute Gasteiger partial charge is 0.243 e. The van der Waals surface area contributed by atoms with Crippen molar-refractivity contribution >= 4 is 11.9 Å². The van der Waals surface area contributed by atoms with E-state index >= 15 is 0 Å². The van der Waals surface area contributed by atoms with E-state index in [2.05, 4.69) is 20.7 Å². The van der Waals surface area contributed by atoms with Gasteiger partial charge in [0.25, 0.3) is 0 Å². The summed E-state index contributed by atoms with van der Waals surface area (Å²) in [5, 5.41) is 10.4. The highest BCUT2D eigenvalue weighted by Crippen LogP contribution is 2.21. The molecule has 6 heteroatoms. The molecule has 0 saturated carbocycles. The summed E-state index contributed by atoms with van der Waals surface area (Å²) in [4.78, 5) is 4.24. The molecule has 1 aliphatic heterocycles. The molecule has 0 radical (unpaired) electrons. The predicted molar refractivity (Wildman–Crippen MR) is 50.8 cm³/mol. The van der Waals surface area contributed by atoms with Crippen LogP contribution in [0.4, 0.5) is 11.9 Å². The van der Waals surface area contributed by atoms with Crippen LogP contribution >= 0.6 is 0 Å². The second-order valence-corrected chi connectivity index (χ2v) is 3.06. The highest BCUT2D eigenvalue weighted by Gasteiger charge is 2.20. The summed E-state index contributed by atoms with van der Waals surface area (Å²) in [5.41, 5.74) is 5.63. The van der Waals surface area contributed by atoms with Crippen LogP contribution in [0.1, 0.15) is 12.5 Å². The molecule has 0 spiro atoms. The molecule has 2 heterocycles. The zero-order valence-corrected chi connectivity index (χ0v) is 7.62. The molecule has 0 fully saturated rings. The van der Waals surface area contributed by atoms with Crippen LogP contribution < -0.4 is 16.4 Å².